The zero-order valence-corrected chi connectivity index (χ0v) is 11.1. The molecule has 4 aliphatic carbocycles. The van der Waals surface area contributed by atoms with E-state index in [1.807, 2.05) is 0 Å². The van der Waals surface area contributed by atoms with Gasteiger partial charge in [-0.15, -0.1) is 0 Å². The average Bonchev–Trinajstić information content (AvgIpc) is 2.23. The highest BCUT2D eigenvalue weighted by Crippen LogP contribution is 2.59. The van der Waals surface area contributed by atoms with Gasteiger partial charge in [-0.2, -0.15) is 0 Å². The molecule has 100 valence electrons. The summed E-state index contributed by atoms with van der Waals surface area (Å²) < 4.78 is 0. The van der Waals surface area contributed by atoms with Crippen molar-refractivity contribution in [2.24, 2.45) is 23.2 Å². The zero-order valence-electron chi connectivity index (χ0n) is 11.1. The van der Waals surface area contributed by atoms with Gasteiger partial charge in [0.25, 0.3) is 0 Å². The monoisotopic (exact) mass is 249 g/mol. The van der Waals surface area contributed by atoms with Gasteiger partial charge < -0.3 is 5.32 Å². The topological polar surface area (TPSA) is 65.0 Å². The van der Waals surface area contributed by atoms with Crippen LogP contribution in [0, 0.1) is 28.6 Å². The standard InChI is InChI=1S/C14H23N3O/c1-9(15)17-13(18)16-8-14-5-10-2-11(6-14)4-12(3-10)7-14/h10-12H,2-8H2,1H3,(H3,15,16,17,18). The third-order valence-electron chi connectivity index (χ3n) is 5.09. The fourth-order valence-electron chi connectivity index (χ4n) is 4.99. The van der Waals surface area contributed by atoms with Gasteiger partial charge in [0, 0.05) is 6.54 Å². The molecule has 4 bridgehead atoms. The van der Waals surface area contributed by atoms with Crippen LogP contribution in [-0.4, -0.2) is 18.4 Å². The Balaban J connectivity index is 1.59. The molecule has 4 rings (SSSR count). The third-order valence-corrected chi connectivity index (χ3v) is 5.09. The predicted octanol–water partition coefficient (Wildman–Crippen LogP) is 2.50. The molecule has 4 aliphatic rings. The zero-order chi connectivity index (χ0) is 12.8. The molecular formula is C14H23N3O. The van der Waals surface area contributed by atoms with Crippen molar-refractivity contribution in [1.29, 1.82) is 5.41 Å². The molecule has 0 aromatic heterocycles. The molecule has 4 fully saturated rings. The first-order chi connectivity index (χ1) is 8.55. The maximum Gasteiger partial charge on any atom is 0.320 e. The molecule has 0 unspecified atom stereocenters. The van der Waals surface area contributed by atoms with E-state index >= 15 is 0 Å². The lowest BCUT2D eigenvalue weighted by Crippen LogP contribution is -2.52. The molecule has 0 radical (unpaired) electrons. The number of nitrogens with one attached hydrogen (secondary N) is 3. The molecule has 4 saturated carbocycles. The molecular weight excluding hydrogens is 226 g/mol. The summed E-state index contributed by atoms with van der Waals surface area (Å²) in [6, 6.07) is -0.210. The van der Waals surface area contributed by atoms with E-state index in [1.165, 1.54) is 38.5 Å². The number of carbonyl (C=O) groups is 1. The minimum absolute atomic E-state index is 0.206. The second-order valence-electron chi connectivity index (χ2n) is 6.85. The fraction of sp³-hybridized carbons (Fsp3) is 0.857. The van der Waals surface area contributed by atoms with Crippen LogP contribution >= 0.6 is 0 Å². The molecule has 0 aromatic rings. The number of rotatable bonds is 2. The summed E-state index contributed by atoms with van der Waals surface area (Å²) in [5.74, 6) is 2.97. The Morgan fingerprint density at radius 1 is 1.17 bits per heavy atom. The summed E-state index contributed by atoms with van der Waals surface area (Å²) in [6.07, 6.45) is 8.23. The third kappa shape index (κ3) is 2.25. The summed E-state index contributed by atoms with van der Waals surface area (Å²) >= 11 is 0. The lowest BCUT2D eigenvalue weighted by Gasteiger charge is -2.56. The molecule has 18 heavy (non-hydrogen) atoms. The van der Waals surface area contributed by atoms with E-state index in [0.717, 1.165) is 24.3 Å². The van der Waals surface area contributed by atoms with Gasteiger partial charge >= 0.3 is 6.03 Å². The highest BCUT2D eigenvalue weighted by Gasteiger charge is 2.50. The van der Waals surface area contributed by atoms with Gasteiger partial charge in [0.2, 0.25) is 0 Å². The van der Waals surface area contributed by atoms with E-state index in [-0.39, 0.29) is 11.9 Å². The van der Waals surface area contributed by atoms with Crippen molar-refractivity contribution < 1.29 is 4.79 Å². The van der Waals surface area contributed by atoms with E-state index in [9.17, 15) is 4.79 Å². The summed E-state index contributed by atoms with van der Waals surface area (Å²) in [5, 5.41) is 12.7. The number of hydrogen-bond acceptors (Lipinski definition) is 2. The van der Waals surface area contributed by atoms with Gasteiger partial charge in [-0.1, -0.05) is 0 Å². The molecule has 0 atom stereocenters. The number of hydrogen-bond donors (Lipinski definition) is 3. The maximum atomic E-state index is 11.6. The molecule has 3 N–H and O–H groups in total. The Morgan fingerprint density at radius 2 is 1.67 bits per heavy atom. The SMILES string of the molecule is CC(=N)NC(=O)NCC12CC3CC(CC(C3)C1)C2. The van der Waals surface area contributed by atoms with E-state index < -0.39 is 0 Å². The molecule has 0 saturated heterocycles. The largest absolute Gasteiger partial charge is 0.337 e. The van der Waals surface area contributed by atoms with Crippen LogP contribution in [-0.2, 0) is 0 Å². The lowest BCUT2D eigenvalue weighted by molar-refractivity contribution is -0.0497. The molecule has 0 heterocycles. The van der Waals surface area contributed by atoms with Gasteiger partial charge in [0.15, 0.2) is 0 Å². The summed E-state index contributed by atoms with van der Waals surface area (Å²) in [5.41, 5.74) is 0.377. The second kappa shape index (κ2) is 4.25. The second-order valence-corrected chi connectivity index (χ2v) is 6.85. The molecule has 0 spiro atoms. The molecule has 4 nitrogen and oxygen atoms in total. The van der Waals surface area contributed by atoms with Crippen LogP contribution in [0.5, 0.6) is 0 Å². The van der Waals surface area contributed by atoms with Crippen molar-refractivity contribution in [1.82, 2.24) is 10.6 Å². The van der Waals surface area contributed by atoms with Crippen molar-refractivity contribution in [3.05, 3.63) is 0 Å². The quantitative estimate of drug-likeness (QED) is 0.511. The molecule has 2 amide bonds. The normalized spacial score (nSPS) is 40.6. The lowest BCUT2D eigenvalue weighted by atomic mass is 9.49. The van der Waals surface area contributed by atoms with E-state index in [2.05, 4.69) is 10.6 Å². The summed E-state index contributed by atoms with van der Waals surface area (Å²) in [7, 11) is 0. The van der Waals surface area contributed by atoms with Crippen LogP contribution < -0.4 is 10.6 Å². The van der Waals surface area contributed by atoms with Crippen molar-refractivity contribution in [3.63, 3.8) is 0 Å². The van der Waals surface area contributed by atoms with Crippen LogP contribution in [0.1, 0.15) is 45.4 Å². The van der Waals surface area contributed by atoms with Crippen molar-refractivity contribution in [2.45, 2.75) is 45.4 Å². The van der Waals surface area contributed by atoms with E-state index in [4.69, 9.17) is 5.41 Å². The summed E-state index contributed by atoms with van der Waals surface area (Å²) in [4.78, 5) is 11.6. The first kappa shape index (κ1) is 12.0. The molecule has 0 aromatic carbocycles. The van der Waals surface area contributed by atoms with Crippen molar-refractivity contribution in [2.75, 3.05) is 6.54 Å². The maximum absolute atomic E-state index is 11.6. The van der Waals surface area contributed by atoms with Crippen LogP contribution in [0.15, 0.2) is 0 Å². The van der Waals surface area contributed by atoms with Crippen molar-refractivity contribution >= 4 is 11.9 Å². The highest BCUT2D eigenvalue weighted by molar-refractivity contribution is 5.94. The number of urea groups is 1. The number of carbonyl (C=O) groups excluding carboxylic acids is 1. The molecule has 0 aliphatic heterocycles. The Hall–Kier alpha value is -1.06. The first-order valence-electron chi connectivity index (χ1n) is 7.15. The van der Waals surface area contributed by atoms with Crippen LogP contribution in [0.2, 0.25) is 0 Å². The van der Waals surface area contributed by atoms with Gasteiger partial charge in [-0.25, -0.2) is 4.79 Å². The minimum Gasteiger partial charge on any atom is -0.337 e. The van der Waals surface area contributed by atoms with Crippen LogP contribution in [0.3, 0.4) is 0 Å². The Morgan fingerprint density at radius 3 is 2.11 bits per heavy atom. The molecule has 4 heteroatoms. The predicted molar refractivity (Wildman–Crippen MR) is 70.5 cm³/mol. The Labute approximate surface area is 108 Å². The Kier molecular flexibility index (Phi) is 2.83. The van der Waals surface area contributed by atoms with Gasteiger partial charge in [0.05, 0.1) is 5.84 Å². The first-order valence-corrected chi connectivity index (χ1v) is 7.15. The van der Waals surface area contributed by atoms with E-state index in [0.29, 0.717) is 5.41 Å². The van der Waals surface area contributed by atoms with Crippen LogP contribution in [0.25, 0.3) is 0 Å². The van der Waals surface area contributed by atoms with Crippen LogP contribution in [0.4, 0.5) is 4.79 Å². The fourth-order valence-corrected chi connectivity index (χ4v) is 4.99. The average molecular weight is 249 g/mol. The van der Waals surface area contributed by atoms with Crippen molar-refractivity contribution in [3.8, 4) is 0 Å². The van der Waals surface area contributed by atoms with E-state index in [1.54, 1.807) is 6.92 Å². The number of amidine groups is 1. The van der Waals surface area contributed by atoms with Gasteiger partial charge in [-0.3, -0.25) is 10.7 Å². The summed E-state index contributed by atoms with van der Waals surface area (Å²) in [6.45, 7) is 2.39. The minimum atomic E-state index is -0.210. The van der Waals surface area contributed by atoms with Gasteiger partial charge in [0.1, 0.15) is 0 Å². The highest BCUT2D eigenvalue weighted by atomic mass is 16.2. The number of amides is 2. The Bertz CT molecular complexity index is 342. The smallest absolute Gasteiger partial charge is 0.320 e. The van der Waals surface area contributed by atoms with Gasteiger partial charge in [-0.05, 0) is 68.6 Å².